The summed E-state index contributed by atoms with van der Waals surface area (Å²) in [6, 6.07) is 13.8. The van der Waals surface area contributed by atoms with Crippen molar-refractivity contribution in [2.24, 2.45) is 4.99 Å². The summed E-state index contributed by atoms with van der Waals surface area (Å²) in [6.07, 6.45) is 1.55. The van der Waals surface area contributed by atoms with Crippen LogP contribution in [0.2, 0.25) is 0 Å². The molecule has 2 heterocycles. The molecule has 25 heavy (non-hydrogen) atoms. The van der Waals surface area contributed by atoms with Gasteiger partial charge in [-0.2, -0.15) is 0 Å². The fraction of sp³-hybridized carbons (Fsp3) is 0.316. The van der Waals surface area contributed by atoms with Crippen LogP contribution in [0.15, 0.2) is 58.1 Å². The number of aliphatic hydroxyl groups is 1. The van der Waals surface area contributed by atoms with E-state index in [1.165, 1.54) is 5.39 Å². The maximum absolute atomic E-state index is 10.5. The SMILES string of the molecule is CCNC(=NCc1cc2ccccc2[nH]1)NCC(C)(O)c1ccco1. The second kappa shape index (κ2) is 7.44. The molecule has 0 aliphatic heterocycles. The van der Waals surface area contributed by atoms with Gasteiger partial charge >= 0.3 is 0 Å². The molecule has 0 spiro atoms. The third-order valence-electron chi connectivity index (χ3n) is 3.99. The summed E-state index contributed by atoms with van der Waals surface area (Å²) in [6.45, 7) is 5.26. The molecule has 0 saturated heterocycles. The van der Waals surface area contributed by atoms with Gasteiger partial charge in [-0.05, 0) is 43.5 Å². The normalized spacial score (nSPS) is 14.4. The Labute approximate surface area is 147 Å². The number of nitrogens with one attached hydrogen (secondary N) is 3. The first-order valence-electron chi connectivity index (χ1n) is 8.43. The average Bonchev–Trinajstić information content (AvgIpc) is 3.26. The topological polar surface area (TPSA) is 85.6 Å². The quantitative estimate of drug-likeness (QED) is 0.411. The molecule has 0 radical (unpaired) electrons. The zero-order chi connectivity index (χ0) is 17.7. The first-order valence-corrected chi connectivity index (χ1v) is 8.43. The third kappa shape index (κ3) is 4.22. The van der Waals surface area contributed by atoms with E-state index in [0.29, 0.717) is 24.8 Å². The molecule has 2 aromatic heterocycles. The summed E-state index contributed by atoms with van der Waals surface area (Å²) in [5.41, 5.74) is 1.03. The van der Waals surface area contributed by atoms with Gasteiger partial charge in [-0.25, -0.2) is 4.99 Å². The van der Waals surface area contributed by atoms with Crippen LogP contribution in [0.1, 0.15) is 25.3 Å². The molecule has 0 bridgehead atoms. The number of benzene rings is 1. The molecule has 6 nitrogen and oxygen atoms in total. The van der Waals surface area contributed by atoms with Crippen molar-refractivity contribution in [2.75, 3.05) is 13.1 Å². The number of fused-ring (bicyclic) bond motifs is 1. The molecule has 1 aromatic carbocycles. The predicted octanol–water partition coefficient (Wildman–Crippen LogP) is 2.72. The number of aliphatic imine (C=N–C) groups is 1. The summed E-state index contributed by atoms with van der Waals surface area (Å²) < 4.78 is 5.30. The van der Waals surface area contributed by atoms with Crippen molar-refractivity contribution in [3.05, 3.63) is 60.2 Å². The van der Waals surface area contributed by atoms with Crippen LogP contribution in [0.3, 0.4) is 0 Å². The molecule has 3 rings (SSSR count). The van der Waals surface area contributed by atoms with Crippen LogP contribution in [-0.2, 0) is 12.1 Å². The van der Waals surface area contributed by atoms with Crippen LogP contribution in [0.4, 0.5) is 0 Å². The summed E-state index contributed by atoms with van der Waals surface area (Å²) in [5, 5.41) is 18.1. The number of hydrogen-bond donors (Lipinski definition) is 4. The average molecular weight is 340 g/mol. The first kappa shape index (κ1) is 17.1. The van der Waals surface area contributed by atoms with Crippen LogP contribution in [0.5, 0.6) is 0 Å². The number of furan rings is 1. The summed E-state index contributed by atoms with van der Waals surface area (Å²) in [7, 11) is 0. The van der Waals surface area contributed by atoms with Gasteiger partial charge in [0, 0.05) is 17.8 Å². The highest BCUT2D eigenvalue weighted by atomic mass is 16.4. The van der Waals surface area contributed by atoms with Crippen molar-refractivity contribution in [3.8, 4) is 0 Å². The Kier molecular flexibility index (Phi) is 5.09. The van der Waals surface area contributed by atoms with E-state index in [9.17, 15) is 5.11 Å². The second-order valence-corrected chi connectivity index (χ2v) is 6.18. The number of aromatic amines is 1. The lowest BCUT2D eigenvalue weighted by molar-refractivity contribution is 0.0386. The highest BCUT2D eigenvalue weighted by molar-refractivity contribution is 5.81. The van der Waals surface area contributed by atoms with E-state index in [1.807, 2.05) is 25.1 Å². The Morgan fingerprint density at radius 3 is 2.80 bits per heavy atom. The molecule has 1 atom stereocenters. The Morgan fingerprint density at radius 1 is 1.24 bits per heavy atom. The van der Waals surface area contributed by atoms with E-state index >= 15 is 0 Å². The van der Waals surface area contributed by atoms with Gasteiger partial charge in [0.1, 0.15) is 11.4 Å². The fourth-order valence-corrected chi connectivity index (χ4v) is 2.65. The summed E-state index contributed by atoms with van der Waals surface area (Å²) >= 11 is 0. The Hall–Kier alpha value is -2.73. The van der Waals surface area contributed by atoms with Crippen LogP contribution >= 0.6 is 0 Å². The zero-order valence-corrected chi connectivity index (χ0v) is 14.5. The zero-order valence-electron chi connectivity index (χ0n) is 14.5. The number of hydrogen-bond acceptors (Lipinski definition) is 3. The number of para-hydroxylation sites is 1. The van der Waals surface area contributed by atoms with Crippen molar-refractivity contribution in [1.29, 1.82) is 0 Å². The van der Waals surface area contributed by atoms with Gasteiger partial charge in [-0.1, -0.05) is 18.2 Å². The molecule has 0 saturated carbocycles. The maximum Gasteiger partial charge on any atom is 0.191 e. The van der Waals surface area contributed by atoms with E-state index in [0.717, 1.165) is 17.8 Å². The standard InChI is InChI=1S/C19H24N4O2/c1-3-20-18(22-13-19(2,24)17-9-6-10-25-17)21-12-15-11-14-7-4-5-8-16(14)23-15/h4-11,23-24H,3,12-13H2,1-2H3,(H2,20,21,22). The molecule has 1 unspecified atom stereocenters. The predicted molar refractivity (Wildman–Crippen MR) is 99.4 cm³/mol. The molecule has 4 N–H and O–H groups in total. The van der Waals surface area contributed by atoms with E-state index in [2.05, 4.69) is 32.7 Å². The minimum atomic E-state index is -1.11. The van der Waals surface area contributed by atoms with Crippen LogP contribution in [0.25, 0.3) is 10.9 Å². The van der Waals surface area contributed by atoms with E-state index < -0.39 is 5.60 Å². The molecule has 0 aliphatic rings. The highest BCUT2D eigenvalue weighted by Crippen LogP contribution is 2.19. The number of H-pyrrole nitrogens is 1. The van der Waals surface area contributed by atoms with Crippen molar-refractivity contribution >= 4 is 16.9 Å². The van der Waals surface area contributed by atoms with Gasteiger partial charge in [0.05, 0.1) is 19.4 Å². The lowest BCUT2D eigenvalue weighted by atomic mass is 10.0. The van der Waals surface area contributed by atoms with Crippen LogP contribution in [0, 0.1) is 0 Å². The fourth-order valence-electron chi connectivity index (χ4n) is 2.65. The summed E-state index contributed by atoms with van der Waals surface area (Å²) in [4.78, 5) is 7.95. The lowest BCUT2D eigenvalue weighted by Gasteiger charge is -2.22. The van der Waals surface area contributed by atoms with E-state index in [4.69, 9.17) is 4.42 Å². The van der Waals surface area contributed by atoms with Crippen molar-refractivity contribution in [3.63, 3.8) is 0 Å². The van der Waals surface area contributed by atoms with Gasteiger partial charge in [-0.15, -0.1) is 0 Å². The number of nitrogens with zero attached hydrogens (tertiary/aromatic N) is 1. The smallest absolute Gasteiger partial charge is 0.191 e. The first-order chi connectivity index (χ1) is 12.1. The van der Waals surface area contributed by atoms with Gasteiger partial charge in [0.2, 0.25) is 0 Å². The van der Waals surface area contributed by atoms with Crippen LogP contribution in [-0.4, -0.2) is 29.1 Å². The van der Waals surface area contributed by atoms with Crippen molar-refractivity contribution in [2.45, 2.75) is 26.0 Å². The number of rotatable bonds is 6. The van der Waals surface area contributed by atoms with Gasteiger partial charge in [-0.3, -0.25) is 0 Å². The largest absolute Gasteiger partial charge is 0.466 e. The summed E-state index contributed by atoms with van der Waals surface area (Å²) in [5.74, 6) is 1.17. The monoisotopic (exact) mass is 340 g/mol. The van der Waals surface area contributed by atoms with Gasteiger partial charge in [0.25, 0.3) is 0 Å². The number of guanidine groups is 1. The minimum Gasteiger partial charge on any atom is -0.466 e. The third-order valence-corrected chi connectivity index (χ3v) is 3.99. The molecule has 0 fully saturated rings. The van der Waals surface area contributed by atoms with Crippen molar-refractivity contribution in [1.82, 2.24) is 15.6 Å². The van der Waals surface area contributed by atoms with Gasteiger partial charge < -0.3 is 25.1 Å². The highest BCUT2D eigenvalue weighted by Gasteiger charge is 2.26. The molecule has 0 amide bonds. The molecular formula is C19H24N4O2. The molecule has 3 aromatic rings. The minimum absolute atomic E-state index is 0.291. The van der Waals surface area contributed by atoms with E-state index in [-0.39, 0.29) is 0 Å². The van der Waals surface area contributed by atoms with Gasteiger partial charge in [0.15, 0.2) is 5.96 Å². The maximum atomic E-state index is 10.5. The van der Waals surface area contributed by atoms with Crippen LogP contribution < -0.4 is 10.6 Å². The Morgan fingerprint density at radius 2 is 2.08 bits per heavy atom. The number of aromatic nitrogens is 1. The van der Waals surface area contributed by atoms with E-state index in [1.54, 1.807) is 25.3 Å². The van der Waals surface area contributed by atoms with Crippen molar-refractivity contribution < 1.29 is 9.52 Å². The second-order valence-electron chi connectivity index (χ2n) is 6.18. The Balaban J connectivity index is 1.66. The molecular weight excluding hydrogens is 316 g/mol. The molecule has 0 aliphatic carbocycles. The molecule has 6 heteroatoms. The lowest BCUT2D eigenvalue weighted by Crippen LogP contribution is -2.44. The Bertz CT molecular complexity index is 801. The molecule has 132 valence electrons.